The van der Waals surface area contributed by atoms with Crippen molar-refractivity contribution in [3.63, 3.8) is 0 Å². The van der Waals surface area contributed by atoms with E-state index in [4.69, 9.17) is 4.74 Å². The Morgan fingerprint density at radius 2 is 2.12 bits per heavy atom. The van der Waals surface area contributed by atoms with Crippen LogP contribution in [0.25, 0.3) is 0 Å². The molecule has 0 radical (unpaired) electrons. The molecule has 0 aromatic carbocycles. The lowest BCUT2D eigenvalue weighted by Crippen LogP contribution is -2.51. The molecule has 0 unspecified atom stereocenters. The number of aryl methyl sites for hydroxylation is 1. The van der Waals surface area contributed by atoms with Gasteiger partial charge in [0.2, 0.25) is 5.88 Å². The summed E-state index contributed by atoms with van der Waals surface area (Å²) in [4.78, 5) is 14.4. The second-order valence-electron chi connectivity index (χ2n) is 6.80. The van der Waals surface area contributed by atoms with Gasteiger partial charge in [0.15, 0.2) is 5.82 Å². The highest BCUT2D eigenvalue weighted by Gasteiger charge is 2.30. The van der Waals surface area contributed by atoms with Gasteiger partial charge in [-0.3, -0.25) is 9.48 Å². The van der Waals surface area contributed by atoms with E-state index >= 15 is 0 Å². The molecule has 2 aromatic rings. The van der Waals surface area contributed by atoms with Gasteiger partial charge in [-0.1, -0.05) is 0 Å². The molecular formula is C17H22N6O2. The summed E-state index contributed by atoms with van der Waals surface area (Å²) in [5.74, 6) is 2.15. The van der Waals surface area contributed by atoms with Crippen molar-refractivity contribution in [2.24, 2.45) is 13.0 Å². The Labute approximate surface area is 146 Å². The maximum absolute atomic E-state index is 12.3. The van der Waals surface area contributed by atoms with Crippen LogP contribution in [0, 0.1) is 5.92 Å². The first kappa shape index (κ1) is 15.9. The molecular weight excluding hydrogens is 320 g/mol. The minimum absolute atomic E-state index is 0.156. The third kappa shape index (κ3) is 3.29. The molecule has 8 heteroatoms. The number of carbonyl (C=O) groups is 1. The van der Waals surface area contributed by atoms with Crippen LogP contribution in [0.2, 0.25) is 0 Å². The number of hydrogen-bond acceptors (Lipinski definition) is 6. The highest BCUT2D eigenvalue weighted by molar-refractivity contribution is 5.96. The Bertz CT molecular complexity index is 762. The van der Waals surface area contributed by atoms with Gasteiger partial charge in [-0.15, -0.1) is 10.2 Å². The first-order valence-corrected chi connectivity index (χ1v) is 8.58. The lowest BCUT2D eigenvalue weighted by Gasteiger charge is -2.39. The normalized spacial score (nSPS) is 17.3. The van der Waals surface area contributed by atoms with E-state index in [0.29, 0.717) is 29.8 Å². The van der Waals surface area contributed by atoms with Gasteiger partial charge in [0.25, 0.3) is 5.91 Å². The SMILES string of the molecule is COc1nn(C)cc1C(=O)NCC1CN(c2ccc(C3CC3)nn2)C1. The summed E-state index contributed by atoms with van der Waals surface area (Å²) < 4.78 is 6.70. The Morgan fingerprint density at radius 3 is 2.76 bits per heavy atom. The van der Waals surface area contributed by atoms with Crippen molar-refractivity contribution in [2.75, 3.05) is 31.6 Å². The Kier molecular flexibility index (Phi) is 4.03. The summed E-state index contributed by atoms with van der Waals surface area (Å²) in [6.45, 7) is 2.38. The van der Waals surface area contributed by atoms with Crippen LogP contribution in [-0.2, 0) is 7.05 Å². The van der Waals surface area contributed by atoms with E-state index in [2.05, 4.69) is 37.6 Å². The lowest BCUT2D eigenvalue weighted by atomic mass is 10.00. The molecule has 1 aliphatic carbocycles. The van der Waals surface area contributed by atoms with Crippen LogP contribution in [0.3, 0.4) is 0 Å². The number of aromatic nitrogens is 4. The third-order valence-corrected chi connectivity index (χ3v) is 4.73. The number of nitrogens with one attached hydrogen (secondary N) is 1. The van der Waals surface area contributed by atoms with Crippen molar-refractivity contribution in [1.82, 2.24) is 25.3 Å². The lowest BCUT2D eigenvalue weighted by molar-refractivity contribution is 0.0941. The fourth-order valence-corrected chi connectivity index (χ4v) is 3.09. The predicted octanol–water partition coefficient (Wildman–Crippen LogP) is 0.962. The maximum atomic E-state index is 12.3. The fraction of sp³-hybridized carbons (Fsp3) is 0.529. The van der Waals surface area contributed by atoms with Crippen LogP contribution >= 0.6 is 0 Å². The molecule has 0 atom stereocenters. The van der Waals surface area contributed by atoms with Gasteiger partial charge in [-0.05, 0) is 25.0 Å². The van der Waals surface area contributed by atoms with Crippen molar-refractivity contribution < 1.29 is 9.53 Å². The minimum atomic E-state index is -0.156. The summed E-state index contributed by atoms with van der Waals surface area (Å²) in [7, 11) is 3.27. The summed E-state index contributed by atoms with van der Waals surface area (Å²) in [5.41, 5.74) is 1.57. The zero-order chi connectivity index (χ0) is 17.4. The number of hydrogen-bond donors (Lipinski definition) is 1. The molecule has 4 rings (SSSR count). The number of amides is 1. The summed E-state index contributed by atoms with van der Waals surface area (Å²) in [6, 6.07) is 4.14. The molecule has 0 spiro atoms. The molecule has 1 saturated heterocycles. The molecule has 2 fully saturated rings. The molecule has 1 amide bonds. The zero-order valence-electron chi connectivity index (χ0n) is 14.5. The van der Waals surface area contributed by atoms with Crippen molar-refractivity contribution in [2.45, 2.75) is 18.8 Å². The first-order valence-electron chi connectivity index (χ1n) is 8.58. The average Bonchev–Trinajstić information content (AvgIpc) is 3.36. The largest absolute Gasteiger partial charge is 0.479 e. The van der Waals surface area contributed by atoms with Gasteiger partial charge in [0, 0.05) is 44.7 Å². The highest BCUT2D eigenvalue weighted by Crippen LogP contribution is 2.38. The molecule has 2 aromatic heterocycles. The third-order valence-electron chi connectivity index (χ3n) is 4.73. The van der Waals surface area contributed by atoms with Crippen LogP contribution in [0.1, 0.15) is 34.8 Å². The molecule has 25 heavy (non-hydrogen) atoms. The second-order valence-corrected chi connectivity index (χ2v) is 6.80. The van der Waals surface area contributed by atoms with Crippen molar-refractivity contribution in [3.8, 4) is 5.88 Å². The van der Waals surface area contributed by atoms with Gasteiger partial charge in [-0.25, -0.2) is 0 Å². The topological polar surface area (TPSA) is 85.2 Å². The summed E-state index contributed by atoms with van der Waals surface area (Å²) in [6.07, 6.45) is 4.14. The van der Waals surface area contributed by atoms with Crippen molar-refractivity contribution >= 4 is 11.7 Å². The molecule has 1 saturated carbocycles. The van der Waals surface area contributed by atoms with E-state index in [-0.39, 0.29) is 5.91 Å². The van der Waals surface area contributed by atoms with Crippen LogP contribution < -0.4 is 15.0 Å². The number of carbonyl (C=O) groups excluding carboxylic acids is 1. The molecule has 1 aliphatic heterocycles. The molecule has 3 heterocycles. The van der Waals surface area contributed by atoms with E-state index in [1.807, 2.05) is 0 Å². The molecule has 1 N–H and O–H groups in total. The summed E-state index contributed by atoms with van der Waals surface area (Å²) in [5, 5.41) is 15.7. The smallest absolute Gasteiger partial charge is 0.258 e. The zero-order valence-corrected chi connectivity index (χ0v) is 14.5. The first-order chi connectivity index (χ1) is 12.1. The van der Waals surface area contributed by atoms with Gasteiger partial charge >= 0.3 is 0 Å². The van der Waals surface area contributed by atoms with Gasteiger partial charge < -0.3 is 15.0 Å². The monoisotopic (exact) mass is 342 g/mol. The van der Waals surface area contributed by atoms with Gasteiger partial charge in [-0.2, -0.15) is 5.10 Å². The second kappa shape index (κ2) is 6.34. The average molecular weight is 342 g/mol. The predicted molar refractivity (Wildman–Crippen MR) is 91.8 cm³/mol. The van der Waals surface area contributed by atoms with E-state index in [1.54, 1.807) is 17.9 Å². The minimum Gasteiger partial charge on any atom is -0.479 e. The van der Waals surface area contributed by atoms with Crippen molar-refractivity contribution in [1.29, 1.82) is 0 Å². The number of methoxy groups -OCH3 is 1. The molecule has 8 nitrogen and oxygen atoms in total. The van der Waals surface area contributed by atoms with Crippen LogP contribution in [-0.4, -0.2) is 52.6 Å². The van der Waals surface area contributed by atoms with Crippen LogP contribution in [0.15, 0.2) is 18.3 Å². The Balaban J connectivity index is 1.26. The number of nitrogens with zero attached hydrogens (tertiary/aromatic N) is 5. The molecule has 0 bridgehead atoms. The fourth-order valence-electron chi connectivity index (χ4n) is 3.09. The van der Waals surface area contributed by atoms with Gasteiger partial charge in [0.05, 0.1) is 12.8 Å². The van der Waals surface area contributed by atoms with E-state index < -0.39 is 0 Å². The Hall–Kier alpha value is -2.64. The highest BCUT2D eigenvalue weighted by atomic mass is 16.5. The van der Waals surface area contributed by atoms with Crippen molar-refractivity contribution in [3.05, 3.63) is 29.6 Å². The van der Waals surface area contributed by atoms with E-state index in [9.17, 15) is 4.79 Å². The van der Waals surface area contributed by atoms with Crippen LogP contribution in [0.5, 0.6) is 5.88 Å². The van der Waals surface area contributed by atoms with Gasteiger partial charge in [0.1, 0.15) is 5.56 Å². The Morgan fingerprint density at radius 1 is 1.32 bits per heavy atom. The summed E-state index contributed by atoms with van der Waals surface area (Å²) >= 11 is 0. The van der Waals surface area contributed by atoms with E-state index in [1.165, 1.54) is 20.0 Å². The van der Waals surface area contributed by atoms with Crippen LogP contribution in [0.4, 0.5) is 5.82 Å². The standard InChI is InChI=1S/C17H22N6O2/c1-22-10-13(17(21-22)25-2)16(24)18-7-11-8-23(9-11)15-6-5-14(19-20-15)12-3-4-12/h5-6,10-12H,3-4,7-9H2,1-2H3,(H,18,24). The van der Waals surface area contributed by atoms with E-state index in [0.717, 1.165) is 24.6 Å². The number of anilines is 1. The molecule has 2 aliphatic rings. The maximum Gasteiger partial charge on any atom is 0.258 e. The quantitative estimate of drug-likeness (QED) is 0.842. The molecule has 132 valence electrons. The number of rotatable bonds is 6. The number of ether oxygens (including phenoxy) is 1.